The van der Waals surface area contributed by atoms with Gasteiger partial charge in [0.05, 0.1) is 22.0 Å². The van der Waals surface area contributed by atoms with Gasteiger partial charge in [-0.05, 0) is 78.0 Å². The fourth-order valence-corrected chi connectivity index (χ4v) is 9.63. The highest BCUT2D eigenvalue weighted by molar-refractivity contribution is 9.08. The van der Waals surface area contributed by atoms with Gasteiger partial charge in [-0.1, -0.05) is 43.6 Å². The van der Waals surface area contributed by atoms with Gasteiger partial charge in [-0.15, -0.1) is 0 Å². The molecule has 2 aliphatic carbocycles. The van der Waals surface area contributed by atoms with E-state index in [1.807, 2.05) is 27.7 Å². The van der Waals surface area contributed by atoms with Gasteiger partial charge in [-0.25, -0.2) is 14.4 Å². The normalized spacial score (nSPS) is 36.3. The molecule has 2 saturated heterocycles. The van der Waals surface area contributed by atoms with E-state index in [1.54, 1.807) is 46.8 Å². The molecule has 5 aliphatic rings. The second kappa shape index (κ2) is 9.63. The van der Waals surface area contributed by atoms with E-state index in [2.05, 4.69) is 15.9 Å². The van der Waals surface area contributed by atoms with Gasteiger partial charge in [0, 0.05) is 21.5 Å². The Kier molecular flexibility index (Phi) is 6.64. The Hall–Kier alpha value is -3.41. The molecule has 4 unspecified atom stereocenters. The van der Waals surface area contributed by atoms with Gasteiger partial charge < -0.3 is 28.1 Å². The summed E-state index contributed by atoms with van der Waals surface area (Å²) in [5.41, 5.74) is -7.30. The molecule has 4 fully saturated rings. The van der Waals surface area contributed by atoms with Gasteiger partial charge in [-0.3, -0.25) is 9.59 Å². The number of aryl methyl sites for hydroxylation is 1. The zero-order chi connectivity index (χ0) is 35.2. The number of hydrogen-bond donors (Lipinski definition) is 0. The Labute approximate surface area is 286 Å². The number of alkyl halides is 1. The van der Waals surface area contributed by atoms with E-state index in [0.29, 0.717) is 29.4 Å². The number of ether oxygens (including phenoxy) is 5. The number of halogens is 1. The van der Waals surface area contributed by atoms with E-state index in [-0.39, 0.29) is 35.1 Å². The first-order chi connectivity index (χ1) is 22.2. The standard InChI is InChI=1S/C36H41BrO11/c1-17-18-10-11-20-21(22(18)43-25(38)19(17)16-37)23(44-28(41)35-14-12-33(8,26(39)47-35)31(35,4)5)24(30(2,3)46-20)45-29(42)36-15-13-34(9,27(40)48-36)32(36,6)7/h10-11,23-24H,12-16H2,1-9H3/t23-,24-,33?,34?,35?,36?/m1/s1. The fourth-order valence-electron chi connectivity index (χ4n) is 8.98. The van der Waals surface area contributed by atoms with Crippen LogP contribution in [0.25, 0.3) is 11.0 Å². The third-order valence-corrected chi connectivity index (χ3v) is 14.1. The van der Waals surface area contributed by atoms with E-state index in [9.17, 15) is 24.0 Å². The molecule has 6 atom stereocenters. The molecule has 4 bridgehead atoms. The number of esters is 4. The Morgan fingerprint density at radius 3 is 1.77 bits per heavy atom. The summed E-state index contributed by atoms with van der Waals surface area (Å²) in [6.45, 7) is 16.0. The number of rotatable bonds is 5. The minimum Gasteiger partial charge on any atom is -0.483 e. The predicted molar refractivity (Wildman–Crippen MR) is 173 cm³/mol. The van der Waals surface area contributed by atoms with Crippen molar-refractivity contribution in [3.63, 3.8) is 0 Å². The molecule has 1 aromatic heterocycles. The average Bonchev–Trinajstić information content (AvgIpc) is 3.46. The maximum absolute atomic E-state index is 14.5. The number of fused-ring (bicyclic) bond motifs is 7. The molecule has 7 rings (SSSR count). The van der Waals surface area contributed by atoms with Crippen LogP contribution in [0.15, 0.2) is 21.3 Å². The van der Waals surface area contributed by atoms with Crippen molar-refractivity contribution < 1.29 is 47.3 Å². The van der Waals surface area contributed by atoms with Crippen molar-refractivity contribution in [2.75, 3.05) is 0 Å². The van der Waals surface area contributed by atoms with Crippen LogP contribution in [-0.4, -0.2) is 46.8 Å². The zero-order valence-electron chi connectivity index (χ0n) is 28.7. The lowest BCUT2D eigenvalue weighted by Gasteiger charge is -2.45. The lowest BCUT2D eigenvalue weighted by molar-refractivity contribution is -0.217. The van der Waals surface area contributed by atoms with Crippen LogP contribution in [0.2, 0.25) is 0 Å². The highest BCUT2D eigenvalue weighted by Crippen LogP contribution is 2.67. The minimum atomic E-state index is -1.60. The van der Waals surface area contributed by atoms with Crippen LogP contribution < -0.4 is 10.4 Å². The fraction of sp³-hybridized carbons (Fsp3) is 0.639. The Bertz CT molecular complexity index is 1910. The quantitative estimate of drug-likeness (QED) is 0.157. The van der Waals surface area contributed by atoms with Crippen molar-refractivity contribution in [1.29, 1.82) is 0 Å². The predicted octanol–water partition coefficient (Wildman–Crippen LogP) is 5.91. The zero-order valence-corrected chi connectivity index (χ0v) is 30.3. The molecule has 2 aromatic rings. The van der Waals surface area contributed by atoms with Crippen LogP contribution in [0.5, 0.6) is 5.75 Å². The van der Waals surface area contributed by atoms with Crippen molar-refractivity contribution in [3.05, 3.63) is 39.2 Å². The molecule has 2 saturated carbocycles. The van der Waals surface area contributed by atoms with E-state index in [1.165, 1.54) is 0 Å². The van der Waals surface area contributed by atoms with Crippen LogP contribution in [0.4, 0.5) is 0 Å². The van der Waals surface area contributed by atoms with Gasteiger partial charge in [0.15, 0.2) is 12.2 Å². The smallest absolute Gasteiger partial charge is 0.351 e. The van der Waals surface area contributed by atoms with Gasteiger partial charge in [-0.2, -0.15) is 0 Å². The van der Waals surface area contributed by atoms with Crippen LogP contribution in [-0.2, 0) is 43.5 Å². The molecule has 0 spiro atoms. The number of carbonyl (C=O) groups excluding carboxylic acids is 4. The topological polar surface area (TPSA) is 145 Å². The summed E-state index contributed by atoms with van der Waals surface area (Å²) in [7, 11) is 0. The van der Waals surface area contributed by atoms with E-state index >= 15 is 0 Å². The molecule has 0 radical (unpaired) electrons. The first kappa shape index (κ1) is 33.1. The molecule has 0 amide bonds. The number of carbonyl (C=O) groups is 4. The second-order valence-electron chi connectivity index (χ2n) is 16.2. The van der Waals surface area contributed by atoms with Crippen molar-refractivity contribution in [2.45, 2.75) is 122 Å². The molecule has 48 heavy (non-hydrogen) atoms. The largest absolute Gasteiger partial charge is 0.483 e. The Morgan fingerprint density at radius 2 is 1.31 bits per heavy atom. The highest BCUT2D eigenvalue weighted by atomic mass is 79.9. The Balaban J connectivity index is 1.39. The third-order valence-electron chi connectivity index (χ3n) is 13.5. The summed E-state index contributed by atoms with van der Waals surface area (Å²) < 4.78 is 36.8. The SMILES string of the molecule is Cc1c(CBr)c(=O)oc2c3c(ccc12)OC(C)(C)[C@H](OC(=O)C12CCC(C)(C(=O)O1)C2(C)C)[C@@H]3OC(=O)C12CCC(C)(C(=O)O1)C2(C)C. The van der Waals surface area contributed by atoms with Crippen molar-refractivity contribution >= 4 is 50.8 Å². The summed E-state index contributed by atoms with van der Waals surface area (Å²) in [6, 6.07) is 3.47. The molecule has 12 heteroatoms. The van der Waals surface area contributed by atoms with Gasteiger partial charge in [0.2, 0.25) is 11.2 Å². The molecular weight excluding hydrogens is 688 g/mol. The molecule has 3 aliphatic heterocycles. The summed E-state index contributed by atoms with van der Waals surface area (Å²) in [5.74, 6) is -2.27. The lowest BCUT2D eigenvalue weighted by atomic mass is 9.66. The summed E-state index contributed by atoms with van der Waals surface area (Å²) in [6.07, 6.45) is -1.32. The molecule has 11 nitrogen and oxygen atoms in total. The lowest BCUT2D eigenvalue weighted by Crippen LogP contribution is -2.57. The van der Waals surface area contributed by atoms with Gasteiger partial charge >= 0.3 is 29.5 Å². The summed E-state index contributed by atoms with van der Waals surface area (Å²) in [4.78, 5) is 68.3. The molecule has 258 valence electrons. The highest BCUT2D eigenvalue weighted by Gasteiger charge is 2.78. The van der Waals surface area contributed by atoms with Crippen LogP contribution in [0.1, 0.15) is 104 Å². The Morgan fingerprint density at radius 1 is 0.792 bits per heavy atom. The van der Waals surface area contributed by atoms with Crippen molar-refractivity contribution in [1.82, 2.24) is 0 Å². The number of hydrogen-bond acceptors (Lipinski definition) is 11. The van der Waals surface area contributed by atoms with E-state index < -0.39 is 80.2 Å². The minimum absolute atomic E-state index is 0.115. The van der Waals surface area contributed by atoms with Crippen LogP contribution >= 0.6 is 15.9 Å². The first-order valence-corrected chi connectivity index (χ1v) is 17.5. The van der Waals surface area contributed by atoms with Crippen molar-refractivity contribution in [2.24, 2.45) is 21.7 Å². The van der Waals surface area contributed by atoms with Crippen LogP contribution in [0, 0.1) is 28.6 Å². The maximum Gasteiger partial charge on any atom is 0.351 e. The number of benzene rings is 1. The summed E-state index contributed by atoms with van der Waals surface area (Å²) in [5, 5.41) is 0.834. The molecule has 4 heterocycles. The molecule has 1 aromatic carbocycles. The molecule has 0 N–H and O–H groups in total. The van der Waals surface area contributed by atoms with Crippen LogP contribution in [0.3, 0.4) is 0 Å². The first-order valence-electron chi connectivity index (χ1n) is 16.4. The average molecular weight is 730 g/mol. The third kappa shape index (κ3) is 3.62. The van der Waals surface area contributed by atoms with E-state index in [0.717, 1.165) is 0 Å². The van der Waals surface area contributed by atoms with E-state index in [4.69, 9.17) is 28.1 Å². The maximum atomic E-state index is 14.5. The van der Waals surface area contributed by atoms with Crippen molar-refractivity contribution in [3.8, 4) is 5.75 Å². The summed E-state index contributed by atoms with van der Waals surface area (Å²) >= 11 is 3.37. The monoisotopic (exact) mass is 728 g/mol. The second-order valence-corrected chi connectivity index (χ2v) is 16.7. The van der Waals surface area contributed by atoms with Gasteiger partial charge in [0.25, 0.3) is 0 Å². The van der Waals surface area contributed by atoms with Gasteiger partial charge in [0.1, 0.15) is 16.9 Å². The molecular formula is C36H41BrO11.